The lowest BCUT2D eigenvalue weighted by Gasteiger charge is -2.11. The molecule has 0 fully saturated rings. The van der Waals surface area contributed by atoms with E-state index < -0.39 is 11.9 Å². The van der Waals surface area contributed by atoms with Crippen LogP contribution < -0.4 is 14.9 Å². The second kappa shape index (κ2) is 12.8. The zero-order chi connectivity index (χ0) is 29.1. The van der Waals surface area contributed by atoms with Crippen LogP contribution in [0.3, 0.4) is 0 Å². The monoisotopic (exact) mass is 805 g/mol. The first kappa shape index (κ1) is 29.3. The van der Waals surface area contributed by atoms with Crippen molar-refractivity contribution in [2.45, 2.75) is 0 Å². The van der Waals surface area contributed by atoms with Gasteiger partial charge in [-0.15, -0.1) is 0 Å². The van der Waals surface area contributed by atoms with Crippen LogP contribution in [0.2, 0.25) is 5.02 Å². The first-order valence-corrected chi connectivity index (χ1v) is 15.0. The molecule has 206 valence electrons. The Labute approximate surface area is 270 Å². The SMILES string of the molecule is COc1cccc(C(=O)Oc2c(Br)cc(Br)cc2C=NNC(=O)c2[nH]c3ccc(I)cc3c2-c2ccccc2Cl)c1. The molecular formula is C30H19Br2ClIN3O4. The number of hydrogen-bond donors (Lipinski definition) is 2. The average Bonchev–Trinajstić information content (AvgIpc) is 3.33. The summed E-state index contributed by atoms with van der Waals surface area (Å²) in [5.41, 5.74) is 5.84. The fourth-order valence-electron chi connectivity index (χ4n) is 4.18. The Balaban J connectivity index is 1.45. The van der Waals surface area contributed by atoms with Crippen LogP contribution in [0.1, 0.15) is 26.4 Å². The molecule has 4 aromatic carbocycles. The van der Waals surface area contributed by atoms with Crippen LogP contribution >= 0.6 is 66.1 Å². The van der Waals surface area contributed by atoms with Gasteiger partial charge in [-0.05, 0) is 93.1 Å². The number of carbonyl (C=O) groups excluding carboxylic acids is 2. The minimum Gasteiger partial charge on any atom is -0.497 e. The summed E-state index contributed by atoms with van der Waals surface area (Å²) >= 11 is 15.7. The summed E-state index contributed by atoms with van der Waals surface area (Å²) < 4.78 is 13.2. The first-order chi connectivity index (χ1) is 19.7. The number of rotatable bonds is 7. The zero-order valence-electron chi connectivity index (χ0n) is 21.2. The molecule has 0 saturated carbocycles. The van der Waals surface area contributed by atoms with Crippen LogP contribution in [-0.4, -0.2) is 30.2 Å². The fourth-order valence-corrected chi connectivity index (χ4v) is 6.24. The number of carbonyl (C=O) groups is 2. The molecule has 7 nitrogen and oxygen atoms in total. The van der Waals surface area contributed by atoms with Gasteiger partial charge in [-0.3, -0.25) is 4.79 Å². The number of H-pyrrole nitrogens is 1. The standard InChI is InChI=1S/C30H19Br2ClIN3O4/c1-40-20-6-4-5-16(12-20)30(39)41-28-17(11-18(31)13-23(28)32)15-35-37-29(38)27-26(21-7-2-3-8-24(21)33)22-14-19(34)9-10-25(22)36-27/h2-15,36H,1H3,(H,37,38). The van der Waals surface area contributed by atoms with E-state index in [4.69, 9.17) is 21.1 Å². The van der Waals surface area contributed by atoms with Gasteiger partial charge in [0.25, 0.3) is 5.91 Å². The molecule has 5 aromatic rings. The Kier molecular flexibility index (Phi) is 9.12. The molecule has 0 atom stereocenters. The van der Waals surface area contributed by atoms with Crippen LogP contribution in [0.25, 0.3) is 22.0 Å². The summed E-state index contributed by atoms with van der Waals surface area (Å²) in [4.78, 5) is 29.5. The molecule has 1 aromatic heterocycles. The molecule has 0 unspecified atom stereocenters. The van der Waals surface area contributed by atoms with Gasteiger partial charge >= 0.3 is 5.97 Å². The highest BCUT2D eigenvalue weighted by Crippen LogP contribution is 2.37. The number of ether oxygens (including phenoxy) is 2. The maximum absolute atomic E-state index is 13.4. The summed E-state index contributed by atoms with van der Waals surface area (Å²) in [6.07, 6.45) is 1.41. The van der Waals surface area contributed by atoms with Crippen molar-refractivity contribution in [1.82, 2.24) is 10.4 Å². The number of benzene rings is 4. The summed E-state index contributed by atoms with van der Waals surface area (Å²) in [7, 11) is 1.52. The van der Waals surface area contributed by atoms with Crippen LogP contribution in [-0.2, 0) is 0 Å². The molecule has 5 rings (SSSR count). The number of aromatic amines is 1. The van der Waals surface area contributed by atoms with Gasteiger partial charge in [-0.1, -0.05) is 51.8 Å². The maximum Gasteiger partial charge on any atom is 0.343 e. The van der Waals surface area contributed by atoms with Crippen molar-refractivity contribution in [3.63, 3.8) is 0 Å². The Morgan fingerprint density at radius 1 is 1.02 bits per heavy atom. The summed E-state index contributed by atoms with van der Waals surface area (Å²) in [5.74, 6) is -0.285. The number of hydrazone groups is 1. The maximum atomic E-state index is 13.4. The highest BCUT2D eigenvalue weighted by Gasteiger charge is 2.21. The van der Waals surface area contributed by atoms with Gasteiger partial charge in [0.1, 0.15) is 11.4 Å². The highest BCUT2D eigenvalue weighted by atomic mass is 127. The number of amides is 1. The van der Waals surface area contributed by atoms with Gasteiger partial charge in [-0.2, -0.15) is 5.10 Å². The minimum atomic E-state index is -0.581. The van der Waals surface area contributed by atoms with Crippen molar-refractivity contribution < 1.29 is 19.1 Å². The van der Waals surface area contributed by atoms with E-state index in [1.165, 1.54) is 13.3 Å². The smallest absolute Gasteiger partial charge is 0.343 e. The lowest BCUT2D eigenvalue weighted by atomic mass is 10.0. The zero-order valence-corrected chi connectivity index (χ0v) is 27.3. The van der Waals surface area contributed by atoms with Crippen molar-refractivity contribution in [1.29, 1.82) is 0 Å². The van der Waals surface area contributed by atoms with Gasteiger partial charge in [0, 0.05) is 40.7 Å². The largest absolute Gasteiger partial charge is 0.497 e. The number of nitrogens with one attached hydrogen (secondary N) is 2. The third-order valence-electron chi connectivity index (χ3n) is 6.04. The van der Waals surface area contributed by atoms with Gasteiger partial charge in [-0.25, -0.2) is 10.2 Å². The molecule has 0 aliphatic heterocycles. The Morgan fingerprint density at radius 2 is 1.83 bits per heavy atom. The number of halogens is 4. The third kappa shape index (κ3) is 6.50. The summed E-state index contributed by atoms with van der Waals surface area (Å²) in [5, 5.41) is 5.56. The van der Waals surface area contributed by atoms with Crippen LogP contribution in [0.15, 0.2) is 92.9 Å². The molecule has 11 heteroatoms. The molecule has 1 amide bonds. The average molecular weight is 808 g/mol. The van der Waals surface area contributed by atoms with Gasteiger partial charge in [0.05, 0.1) is 23.4 Å². The predicted molar refractivity (Wildman–Crippen MR) is 176 cm³/mol. The molecule has 0 aliphatic rings. The van der Waals surface area contributed by atoms with E-state index in [2.05, 4.69) is 70.0 Å². The summed E-state index contributed by atoms with van der Waals surface area (Å²) in [6, 6.07) is 23.3. The lowest BCUT2D eigenvalue weighted by molar-refractivity contribution is 0.0732. The third-order valence-corrected chi connectivity index (χ3v) is 8.09. The quantitative estimate of drug-likeness (QED) is 0.0567. The first-order valence-electron chi connectivity index (χ1n) is 12.0. The fraction of sp³-hybridized carbons (Fsp3) is 0.0333. The van der Waals surface area contributed by atoms with E-state index >= 15 is 0 Å². The number of hydrogen-bond acceptors (Lipinski definition) is 5. The van der Waals surface area contributed by atoms with E-state index in [0.29, 0.717) is 42.1 Å². The number of methoxy groups -OCH3 is 1. The lowest BCUT2D eigenvalue weighted by Crippen LogP contribution is -2.19. The normalized spacial score (nSPS) is 11.1. The van der Waals surface area contributed by atoms with E-state index in [0.717, 1.165) is 20.0 Å². The highest BCUT2D eigenvalue weighted by molar-refractivity contribution is 14.1. The predicted octanol–water partition coefficient (Wildman–Crippen LogP) is 8.61. The number of esters is 1. The van der Waals surface area contributed by atoms with Gasteiger partial charge in [0.15, 0.2) is 5.75 Å². The van der Waals surface area contributed by atoms with E-state index in [9.17, 15) is 9.59 Å². The second-order valence-electron chi connectivity index (χ2n) is 8.67. The number of fused-ring (bicyclic) bond motifs is 1. The minimum absolute atomic E-state index is 0.232. The molecule has 0 bridgehead atoms. The number of nitrogens with zero attached hydrogens (tertiary/aromatic N) is 1. The molecular weight excluding hydrogens is 789 g/mol. The van der Waals surface area contributed by atoms with Gasteiger partial charge < -0.3 is 14.5 Å². The molecule has 0 spiro atoms. The van der Waals surface area contributed by atoms with E-state index in [-0.39, 0.29) is 5.75 Å². The van der Waals surface area contributed by atoms with Crippen LogP contribution in [0.4, 0.5) is 0 Å². The van der Waals surface area contributed by atoms with Gasteiger partial charge in [0.2, 0.25) is 0 Å². The topological polar surface area (TPSA) is 92.8 Å². The van der Waals surface area contributed by atoms with E-state index in [1.807, 2.05) is 36.4 Å². The van der Waals surface area contributed by atoms with Crippen molar-refractivity contribution in [3.8, 4) is 22.6 Å². The summed E-state index contributed by atoms with van der Waals surface area (Å²) in [6.45, 7) is 0. The number of aromatic nitrogens is 1. The molecule has 0 radical (unpaired) electrons. The molecule has 41 heavy (non-hydrogen) atoms. The molecule has 2 N–H and O–H groups in total. The Morgan fingerprint density at radius 3 is 2.61 bits per heavy atom. The van der Waals surface area contributed by atoms with Crippen LogP contribution in [0, 0.1) is 3.57 Å². The second-order valence-corrected chi connectivity index (χ2v) is 12.1. The van der Waals surface area contributed by atoms with Crippen LogP contribution in [0.5, 0.6) is 11.5 Å². The van der Waals surface area contributed by atoms with Crippen molar-refractivity contribution in [2.24, 2.45) is 5.10 Å². The molecule has 0 saturated heterocycles. The molecule has 1 heterocycles. The van der Waals surface area contributed by atoms with Crippen molar-refractivity contribution in [3.05, 3.63) is 113 Å². The van der Waals surface area contributed by atoms with Crippen molar-refractivity contribution in [2.75, 3.05) is 7.11 Å². The molecule has 0 aliphatic carbocycles. The Hall–Kier alpha value is -3.19. The Bertz CT molecular complexity index is 1840. The van der Waals surface area contributed by atoms with E-state index in [1.54, 1.807) is 42.5 Å². The van der Waals surface area contributed by atoms with Crippen molar-refractivity contribution >= 4 is 95.0 Å².